The van der Waals surface area contributed by atoms with Gasteiger partial charge in [-0.25, -0.2) is 0 Å². The van der Waals surface area contributed by atoms with Crippen molar-refractivity contribution < 1.29 is 9.53 Å². The molecule has 4 nitrogen and oxygen atoms in total. The number of carbonyl (C=O) groups excluding carboxylic acids is 1. The Labute approximate surface area is 73.5 Å². The Morgan fingerprint density at radius 2 is 2.25 bits per heavy atom. The number of carbonyl (C=O) groups is 1. The SMILES string of the molecule is CC[C@@H](N)C(=O)N[C@H](C)COC. The second-order valence-corrected chi connectivity index (χ2v) is 2.88. The van der Waals surface area contributed by atoms with E-state index in [1.165, 1.54) is 0 Å². The number of ether oxygens (including phenoxy) is 1. The highest BCUT2D eigenvalue weighted by molar-refractivity contribution is 5.81. The van der Waals surface area contributed by atoms with E-state index in [0.717, 1.165) is 0 Å². The number of nitrogens with two attached hydrogens (primary N) is 1. The maximum Gasteiger partial charge on any atom is 0.237 e. The molecule has 0 radical (unpaired) electrons. The Hall–Kier alpha value is -0.610. The Kier molecular flexibility index (Phi) is 5.66. The van der Waals surface area contributed by atoms with Crippen LogP contribution in [0.25, 0.3) is 0 Å². The van der Waals surface area contributed by atoms with E-state index in [0.29, 0.717) is 13.0 Å². The molecule has 0 aromatic rings. The zero-order valence-corrected chi connectivity index (χ0v) is 7.96. The van der Waals surface area contributed by atoms with Crippen molar-refractivity contribution in [3.05, 3.63) is 0 Å². The van der Waals surface area contributed by atoms with Gasteiger partial charge in [-0.3, -0.25) is 4.79 Å². The summed E-state index contributed by atoms with van der Waals surface area (Å²) in [6, 6.07) is -0.371. The number of hydrogen-bond acceptors (Lipinski definition) is 3. The van der Waals surface area contributed by atoms with E-state index in [-0.39, 0.29) is 11.9 Å². The number of methoxy groups -OCH3 is 1. The highest BCUT2D eigenvalue weighted by Gasteiger charge is 2.12. The number of nitrogens with one attached hydrogen (secondary N) is 1. The number of amides is 1. The van der Waals surface area contributed by atoms with Crippen LogP contribution in [0, 0.1) is 0 Å². The molecule has 0 saturated carbocycles. The summed E-state index contributed by atoms with van der Waals surface area (Å²) in [5, 5.41) is 2.74. The molecule has 0 bridgehead atoms. The largest absolute Gasteiger partial charge is 0.383 e. The van der Waals surface area contributed by atoms with Gasteiger partial charge in [-0.2, -0.15) is 0 Å². The predicted molar refractivity (Wildman–Crippen MR) is 47.7 cm³/mol. The van der Waals surface area contributed by atoms with Gasteiger partial charge < -0.3 is 15.8 Å². The van der Waals surface area contributed by atoms with Gasteiger partial charge in [-0.15, -0.1) is 0 Å². The van der Waals surface area contributed by atoms with Gasteiger partial charge in [0.15, 0.2) is 0 Å². The molecule has 1 amide bonds. The van der Waals surface area contributed by atoms with Gasteiger partial charge in [-0.1, -0.05) is 6.92 Å². The molecule has 0 spiro atoms. The second kappa shape index (κ2) is 5.97. The highest BCUT2D eigenvalue weighted by Crippen LogP contribution is 1.88. The molecule has 0 unspecified atom stereocenters. The summed E-state index contributed by atoms with van der Waals surface area (Å²) >= 11 is 0. The Morgan fingerprint density at radius 3 is 2.67 bits per heavy atom. The van der Waals surface area contributed by atoms with Crippen LogP contribution in [-0.4, -0.2) is 31.7 Å². The molecule has 3 N–H and O–H groups in total. The van der Waals surface area contributed by atoms with Gasteiger partial charge >= 0.3 is 0 Å². The van der Waals surface area contributed by atoms with Crippen molar-refractivity contribution in [3.8, 4) is 0 Å². The summed E-state index contributed by atoms with van der Waals surface area (Å²) in [6.07, 6.45) is 0.658. The standard InChI is InChI=1S/C8H18N2O2/c1-4-7(9)8(11)10-6(2)5-12-3/h6-7H,4-5,9H2,1-3H3,(H,10,11)/t6-,7-/m1/s1. The summed E-state index contributed by atoms with van der Waals surface area (Å²) in [5.74, 6) is -0.109. The molecule has 0 aliphatic carbocycles. The summed E-state index contributed by atoms with van der Waals surface area (Å²) < 4.78 is 4.86. The lowest BCUT2D eigenvalue weighted by Crippen LogP contribution is -2.45. The number of hydrogen-bond donors (Lipinski definition) is 2. The third-order valence-corrected chi connectivity index (χ3v) is 1.58. The molecule has 0 aromatic heterocycles. The van der Waals surface area contributed by atoms with Crippen LogP contribution >= 0.6 is 0 Å². The first-order valence-electron chi connectivity index (χ1n) is 4.16. The van der Waals surface area contributed by atoms with E-state index in [4.69, 9.17) is 10.5 Å². The molecular formula is C8H18N2O2. The van der Waals surface area contributed by atoms with Crippen LogP contribution in [0.3, 0.4) is 0 Å². The first-order chi connectivity index (χ1) is 5.61. The van der Waals surface area contributed by atoms with E-state index in [2.05, 4.69) is 5.32 Å². The molecule has 4 heteroatoms. The number of rotatable bonds is 5. The van der Waals surface area contributed by atoms with E-state index in [1.54, 1.807) is 7.11 Å². The summed E-state index contributed by atoms with van der Waals surface area (Å²) in [4.78, 5) is 11.2. The third kappa shape index (κ3) is 4.31. The molecule has 0 heterocycles. The van der Waals surface area contributed by atoms with E-state index >= 15 is 0 Å². The minimum atomic E-state index is -0.399. The van der Waals surface area contributed by atoms with E-state index in [9.17, 15) is 4.79 Å². The first-order valence-corrected chi connectivity index (χ1v) is 4.16. The molecular weight excluding hydrogens is 156 g/mol. The average molecular weight is 174 g/mol. The normalized spacial score (nSPS) is 15.3. The smallest absolute Gasteiger partial charge is 0.237 e. The van der Waals surface area contributed by atoms with Crippen molar-refractivity contribution in [1.29, 1.82) is 0 Å². The topological polar surface area (TPSA) is 64.4 Å². The molecule has 0 saturated heterocycles. The Balaban J connectivity index is 3.67. The molecule has 0 aliphatic heterocycles. The van der Waals surface area contributed by atoms with Crippen LogP contribution in [0.2, 0.25) is 0 Å². The Bertz CT molecular complexity index is 139. The fourth-order valence-corrected chi connectivity index (χ4v) is 0.827. The molecule has 0 rings (SSSR count). The van der Waals surface area contributed by atoms with E-state index in [1.807, 2.05) is 13.8 Å². The second-order valence-electron chi connectivity index (χ2n) is 2.88. The van der Waals surface area contributed by atoms with Gasteiger partial charge in [0.25, 0.3) is 0 Å². The quantitative estimate of drug-likeness (QED) is 0.610. The molecule has 72 valence electrons. The van der Waals surface area contributed by atoms with Crippen LogP contribution in [0.1, 0.15) is 20.3 Å². The van der Waals surface area contributed by atoms with Crippen molar-refractivity contribution in [2.75, 3.05) is 13.7 Å². The molecule has 0 fully saturated rings. The van der Waals surface area contributed by atoms with Crippen molar-refractivity contribution in [2.24, 2.45) is 5.73 Å². The molecule has 0 aliphatic rings. The summed E-state index contributed by atoms with van der Waals surface area (Å²) in [5.41, 5.74) is 5.51. The Morgan fingerprint density at radius 1 is 1.67 bits per heavy atom. The van der Waals surface area contributed by atoms with E-state index < -0.39 is 6.04 Å². The van der Waals surface area contributed by atoms with Crippen molar-refractivity contribution in [2.45, 2.75) is 32.4 Å². The van der Waals surface area contributed by atoms with Crippen molar-refractivity contribution in [1.82, 2.24) is 5.32 Å². The van der Waals surface area contributed by atoms with Crippen LogP contribution in [0.15, 0.2) is 0 Å². The van der Waals surface area contributed by atoms with Gasteiger partial charge in [0.2, 0.25) is 5.91 Å². The van der Waals surface area contributed by atoms with Crippen LogP contribution in [-0.2, 0) is 9.53 Å². The van der Waals surface area contributed by atoms with Gasteiger partial charge in [0.1, 0.15) is 0 Å². The third-order valence-electron chi connectivity index (χ3n) is 1.58. The van der Waals surface area contributed by atoms with Crippen LogP contribution in [0.5, 0.6) is 0 Å². The lowest BCUT2D eigenvalue weighted by atomic mass is 10.2. The van der Waals surface area contributed by atoms with Gasteiger partial charge in [0.05, 0.1) is 12.6 Å². The molecule has 2 atom stereocenters. The average Bonchev–Trinajstić information content (AvgIpc) is 2.03. The maximum atomic E-state index is 11.2. The van der Waals surface area contributed by atoms with Crippen molar-refractivity contribution >= 4 is 5.91 Å². The van der Waals surface area contributed by atoms with Crippen LogP contribution < -0.4 is 11.1 Å². The van der Waals surface area contributed by atoms with Gasteiger partial charge in [0, 0.05) is 13.2 Å². The molecule has 0 aromatic carbocycles. The predicted octanol–water partition coefficient (Wildman–Crippen LogP) is -0.125. The fourth-order valence-electron chi connectivity index (χ4n) is 0.827. The minimum Gasteiger partial charge on any atom is -0.383 e. The summed E-state index contributed by atoms with van der Waals surface area (Å²) in [7, 11) is 1.60. The summed E-state index contributed by atoms with van der Waals surface area (Å²) in [6.45, 7) is 4.27. The first kappa shape index (κ1) is 11.4. The monoisotopic (exact) mass is 174 g/mol. The zero-order valence-electron chi connectivity index (χ0n) is 7.96. The molecule has 12 heavy (non-hydrogen) atoms. The lowest BCUT2D eigenvalue weighted by Gasteiger charge is -2.15. The zero-order chi connectivity index (χ0) is 9.56. The highest BCUT2D eigenvalue weighted by atomic mass is 16.5. The minimum absolute atomic E-state index is 0.0279. The lowest BCUT2D eigenvalue weighted by molar-refractivity contribution is -0.123. The van der Waals surface area contributed by atoms with Crippen molar-refractivity contribution in [3.63, 3.8) is 0 Å². The van der Waals surface area contributed by atoms with Gasteiger partial charge in [-0.05, 0) is 13.3 Å². The maximum absolute atomic E-state index is 11.2. The fraction of sp³-hybridized carbons (Fsp3) is 0.875. The van der Waals surface area contributed by atoms with Crippen LogP contribution in [0.4, 0.5) is 0 Å².